The lowest BCUT2D eigenvalue weighted by Gasteiger charge is -2.18. The zero-order valence-electron chi connectivity index (χ0n) is 11.6. The van der Waals surface area contributed by atoms with Gasteiger partial charge >= 0.3 is 6.18 Å². The first-order valence-electron chi connectivity index (χ1n) is 6.83. The summed E-state index contributed by atoms with van der Waals surface area (Å²) in [5, 5.41) is 3.32. The van der Waals surface area contributed by atoms with Crippen LogP contribution in [0.3, 0.4) is 0 Å². The standard InChI is InChI=1S/C14H20F3N3/c1-11-2-4-18-7-13(11)8-19-6-12-3-5-20(9-12)10-14(15,16)17/h2,4,7,12,19H,3,5-6,8-10H2,1H3. The number of nitrogens with one attached hydrogen (secondary N) is 1. The molecule has 0 bridgehead atoms. The molecule has 3 nitrogen and oxygen atoms in total. The first-order valence-corrected chi connectivity index (χ1v) is 6.83. The van der Waals surface area contributed by atoms with E-state index in [4.69, 9.17) is 0 Å². The van der Waals surface area contributed by atoms with E-state index in [1.807, 2.05) is 19.2 Å². The van der Waals surface area contributed by atoms with E-state index < -0.39 is 12.7 Å². The van der Waals surface area contributed by atoms with E-state index in [1.165, 1.54) is 10.5 Å². The van der Waals surface area contributed by atoms with Crippen molar-refractivity contribution >= 4 is 0 Å². The first-order chi connectivity index (χ1) is 9.44. The Morgan fingerprint density at radius 2 is 2.25 bits per heavy atom. The number of aromatic nitrogens is 1. The highest BCUT2D eigenvalue weighted by Gasteiger charge is 2.34. The summed E-state index contributed by atoms with van der Waals surface area (Å²) in [4.78, 5) is 5.56. The van der Waals surface area contributed by atoms with Crippen LogP contribution in [0.4, 0.5) is 13.2 Å². The van der Waals surface area contributed by atoms with E-state index in [-0.39, 0.29) is 0 Å². The topological polar surface area (TPSA) is 28.2 Å². The van der Waals surface area contributed by atoms with Crippen LogP contribution >= 0.6 is 0 Å². The maximum absolute atomic E-state index is 12.3. The second-order valence-corrected chi connectivity index (χ2v) is 5.44. The second-order valence-electron chi connectivity index (χ2n) is 5.44. The van der Waals surface area contributed by atoms with Gasteiger partial charge < -0.3 is 5.32 Å². The minimum absolute atomic E-state index is 0.300. The summed E-state index contributed by atoms with van der Waals surface area (Å²) in [5.41, 5.74) is 2.32. The molecule has 1 aliphatic heterocycles. The summed E-state index contributed by atoms with van der Waals surface area (Å²) >= 11 is 0. The van der Waals surface area contributed by atoms with Crippen molar-refractivity contribution in [1.82, 2.24) is 15.2 Å². The smallest absolute Gasteiger partial charge is 0.312 e. The molecule has 0 aromatic carbocycles. The third-order valence-electron chi connectivity index (χ3n) is 3.67. The zero-order valence-corrected chi connectivity index (χ0v) is 11.6. The molecule has 0 amide bonds. The summed E-state index contributed by atoms with van der Waals surface area (Å²) < 4.78 is 36.9. The van der Waals surface area contributed by atoms with Gasteiger partial charge in [-0.05, 0) is 49.5 Å². The van der Waals surface area contributed by atoms with Crippen LogP contribution in [0, 0.1) is 12.8 Å². The lowest BCUT2D eigenvalue weighted by atomic mass is 10.1. The molecule has 0 spiro atoms. The minimum Gasteiger partial charge on any atom is -0.312 e. The number of alkyl halides is 3. The normalized spacial score (nSPS) is 20.5. The molecular weight excluding hydrogens is 267 g/mol. The van der Waals surface area contributed by atoms with Crippen LogP contribution in [0.1, 0.15) is 17.5 Å². The van der Waals surface area contributed by atoms with Gasteiger partial charge in [0.25, 0.3) is 0 Å². The number of rotatable bonds is 5. The fraction of sp³-hybridized carbons (Fsp3) is 0.643. The van der Waals surface area contributed by atoms with Crippen molar-refractivity contribution in [3.63, 3.8) is 0 Å². The SMILES string of the molecule is Cc1ccncc1CNCC1CCN(CC(F)(F)F)C1. The molecule has 2 heterocycles. The van der Waals surface area contributed by atoms with Gasteiger partial charge in [-0.15, -0.1) is 0 Å². The lowest BCUT2D eigenvalue weighted by molar-refractivity contribution is -0.143. The Balaban J connectivity index is 1.70. The fourth-order valence-corrected chi connectivity index (χ4v) is 2.57. The number of halogens is 3. The molecular formula is C14H20F3N3. The molecule has 20 heavy (non-hydrogen) atoms. The molecule has 2 rings (SSSR count). The zero-order chi connectivity index (χ0) is 14.6. The second kappa shape index (κ2) is 6.54. The summed E-state index contributed by atoms with van der Waals surface area (Å²) in [6.45, 7) is 3.78. The summed E-state index contributed by atoms with van der Waals surface area (Å²) in [6.07, 6.45) is 0.321. The summed E-state index contributed by atoms with van der Waals surface area (Å²) in [6, 6.07) is 1.96. The van der Waals surface area contributed by atoms with Gasteiger partial charge in [0.1, 0.15) is 0 Å². The maximum atomic E-state index is 12.3. The van der Waals surface area contributed by atoms with E-state index in [9.17, 15) is 13.2 Å². The predicted molar refractivity (Wildman–Crippen MR) is 71.3 cm³/mol. The quantitative estimate of drug-likeness (QED) is 0.901. The summed E-state index contributed by atoms with van der Waals surface area (Å²) in [5.74, 6) is 0.300. The Morgan fingerprint density at radius 3 is 2.95 bits per heavy atom. The Bertz CT molecular complexity index is 434. The van der Waals surface area contributed by atoms with Crippen LogP contribution < -0.4 is 5.32 Å². The average Bonchev–Trinajstić information content (AvgIpc) is 2.77. The predicted octanol–water partition coefficient (Wildman–Crippen LogP) is 2.36. The van der Waals surface area contributed by atoms with Gasteiger partial charge in [0, 0.05) is 25.5 Å². The largest absolute Gasteiger partial charge is 0.401 e. The minimum atomic E-state index is -4.09. The molecule has 1 fully saturated rings. The van der Waals surface area contributed by atoms with Crippen LogP contribution in [0.5, 0.6) is 0 Å². The summed E-state index contributed by atoms with van der Waals surface area (Å²) in [7, 11) is 0. The van der Waals surface area contributed by atoms with Crippen molar-refractivity contribution in [3.8, 4) is 0 Å². The van der Waals surface area contributed by atoms with Gasteiger partial charge in [-0.3, -0.25) is 9.88 Å². The first kappa shape index (κ1) is 15.3. The molecule has 112 valence electrons. The highest BCUT2D eigenvalue weighted by atomic mass is 19.4. The van der Waals surface area contributed by atoms with Gasteiger partial charge in [0.05, 0.1) is 6.54 Å². The third-order valence-corrected chi connectivity index (χ3v) is 3.67. The number of hydrogen-bond donors (Lipinski definition) is 1. The van der Waals surface area contributed by atoms with E-state index in [2.05, 4.69) is 10.3 Å². The molecule has 0 saturated carbocycles. The average molecular weight is 287 g/mol. The van der Waals surface area contributed by atoms with E-state index in [1.54, 1.807) is 6.20 Å². The monoisotopic (exact) mass is 287 g/mol. The molecule has 0 aliphatic carbocycles. The van der Waals surface area contributed by atoms with E-state index >= 15 is 0 Å². The number of likely N-dealkylation sites (tertiary alicyclic amines) is 1. The van der Waals surface area contributed by atoms with Crippen LogP contribution in [0.15, 0.2) is 18.5 Å². The molecule has 1 aromatic rings. The van der Waals surface area contributed by atoms with Gasteiger partial charge in [-0.1, -0.05) is 0 Å². The van der Waals surface area contributed by atoms with E-state index in [0.717, 1.165) is 25.1 Å². The molecule has 1 aromatic heterocycles. The van der Waals surface area contributed by atoms with Crippen molar-refractivity contribution < 1.29 is 13.2 Å². The Kier molecular flexibility index (Phi) is 4.99. The Hall–Kier alpha value is -1.14. The van der Waals surface area contributed by atoms with Gasteiger partial charge in [0.2, 0.25) is 0 Å². The van der Waals surface area contributed by atoms with Crippen molar-refractivity contribution in [3.05, 3.63) is 29.6 Å². The maximum Gasteiger partial charge on any atom is 0.401 e. The van der Waals surface area contributed by atoms with Crippen LogP contribution in [-0.2, 0) is 6.54 Å². The number of nitrogens with zero attached hydrogens (tertiary/aromatic N) is 2. The van der Waals surface area contributed by atoms with Crippen LogP contribution in [-0.4, -0.2) is 42.2 Å². The fourth-order valence-electron chi connectivity index (χ4n) is 2.57. The number of aryl methyl sites for hydroxylation is 1. The van der Waals surface area contributed by atoms with E-state index in [0.29, 0.717) is 19.0 Å². The Morgan fingerprint density at radius 1 is 1.45 bits per heavy atom. The molecule has 1 N–H and O–H groups in total. The molecule has 6 heteroatoms. The molecule has 1 aliphatic rings. The van der Waals surface area contributed by atoms with Crippen molar-refractivity contribution in [2.24, 2.45) is 5.92 Å². The van der Waals surface area contributed by atoms with Gasteiger partial charge in [0.15, 0.2) is 0 Å². The highest BCUT2D eigenvalue weighted by Crippen LogP contribution is 2.22. The van der Waals surface area contributed by atoms with Crippen LogP contribution in [0.25, 0.3) is 0 Å². The lowest BCUT2D eigenvalue weighted by Crippen LogP contribution is -2.33. The van der Waals surface area contributed by atoms with Crippen LogP contribution in [0.2, 0.25) is 0 Å². The van der Waals surface area contributed by atoms with Gasteiger partial charge in [-0.25, -0.2) is 0 Å². The van der Waals surface area contributed by atoms with Crippen molar-refractivity contribution in [2.75, 3.05) is 26.2 Å². The molecule has 1 atom stereocenters. The van der Waals surface area contributed by atoms with Crippen molar-refractivity contribution in [1.29, 1.82) is 0 Å². The third kappa shape index (κ3) is 4.76. The highest BCUT2D eigenvalue weighted by molar-refractivity contribution is 5.20. The Labute approximate surface area is 117 Å². The molecule has 1 unspecified atom stereocenters. The molecule has 1 saturated heterocycles. The number of pyridine rings is 1. The number of hydrogen-bond acceptors (Lipinski definition) is 3. The van der Waals surface area contributed by atoms with Gasteiger partial charge in [-0.2, -0.15) is 13.2 Å². The van der Waals surface area contributed by atoms with Crippen molar-refractivity contribution in [2.45, 2.75) is 26.1 Å². The molecule has 0 radical (unpaired) electrons.